The van der Waals surface area contributed by atoms with Gasteiger partial charge in [-0.1, -0.05) is 26.0 Å². The zero-order valence-corrected chi connectivity index (χ0v) is 14.4. The number of hydrogen-bond donors (Lipinski definition) is 0. The highest BCUT2D eigenvalue weighted by molar-refractivity contribution is 5.80. The molecule has 25 heavy (non-hydrogen) atoms. The Hall–Kier alpha value is -3.08. The molecule has 4 nitrogen and oxygen atoms in total. The Morgan fingerprint density at radius 3 is 2.36 bits per heavy atom. The highest BCUT2D eigenvalue weighted by Gasteiger charge is 2.11. The van der Waals surface area contributed by atoms with Crippen LogP contribution in [0.15, 0.2) is 61.3 Å². The molecule has 0 N–H and O–H groups in total. The lowest BCUT2D eigenvalue weighted by Crippen LogP contribution is -1.94. The molecule has 4 aromatic rings. The molecule has 0 saturated carbocycles. The topological polar surface area (TPSA) is 43.1 Å². The van der Waals surface area contributed by atoms with Crippen LogP contribution >= 0.6 is 0 Å². The van der Waals surface area contributed by atoms with Gasteiger partial charge in [-0.2, -0.15) is 0 Å². The molecule has 0 bridgehead atoms. The standard InChI is InChI=1S/C18H13FN4.C2H6/c1-12-8-21-17-7-4-14(10-23(12)17)18-16(9-20-11-22-18)13-2-5-15(19)6-3-13;1-2/h2-11H,1H3;1-2H3. The molecule has 0 aliphatic rings. The molecule has 4 rings (SSSR count). The normalized spacial score (nSPS) is 10.4. The van der Waals surface area contributed by atoms with E-state index in [4.69, 9.17) is 0 Å². The average Bonchev–Trinajstić information content (AvgIpc) is 3.04. The van der Waals surface area contributed by atoms with Crippen molar-refractivity contribution in [1.82, 2.24) is 19.4 Å². The maximum atomic E-state index is 13.2. The lowest BCUT2D eigenvalue weighted by molar-refractivity contribution is 0.628. The van der Waals surface area contributed by atoms with E-state index in [-0.39, 0.29) is 5.82 Å². The summed E-state index contributed by atoms with van der Waals surface area (Å²) in [7, 11) is 0. The zero-order chi connectivity index (χ0) is 17.8. The van der Waals surface area contributed by atoms with Crippen LogP contribution in [-0.2, 0) is 0 Å². The minimum atomic E-state index is -0.261. The van der Waals surface area contributed by atoms with E-state index in [2.05, 4.69) is 15.0 Å². The zero-order valence-electron chi connectivity index (χ0n) is 14.4. The number of nitrogens with zero attached hydrogens (tertiary/aromatic N) is 4. The fourth-order valence-electron chi connectivity index (χ4n) is 2.64. The Kier molecular flexibility index (Phi) is 4.84. The third-order valence-electron chi connectivity index (χ3n) is 3.83. The van der Waals surface area contributed by atoms with Gasteiger partial charge in [-0.05, 0) is 36.8 Å². The van der Waals surface area contributed by atoms with Crippen LogP contribution in [0.5, 0.6) is 0 Å². The second kappa shape index (κ2) is 7.21. The Morgan fingerprint density at radius 1 is 0.880 bits per heavy atom. The number of fused-ring (bicyclic) bond motifs is 1. The van der Waals surface area contributed by atoms with E-state index in [1.165, 1.54) is 18.5 Å². The van der Waals surface area contributed by atoms with Crippen LogP contribution in [0.2, 0.25) is 0 Å². The second-order valence-corrected chi connectivity index (χ2v) is 5.34. The maximum absolute atomic E-state index is 13.2. The van der Waals surface area contributed by atoms with E-state index < -0.39 is 0 Å². The molecule has 1 aromatic carbocycles. The number of halogens is 1. The summed E-state index contributed by atoms with van der Waals surface area (Å²) in [6.07, 6.45) is 7.11. The Morgan fingerprint density at radius 2 is 1.60 bits per heavy atom. The van der Waals surface area contributed by atoms with Gasteiger partial charge >= 0.3 is 0 Å². The molecule has 0 fully saturated rings. The summed E-state index contributed by atoms with van der Waals surface area (Å²) in [6.45, 7) is 6.00. The minimum absolute atomic E-state index is 0.261. The Bertz CT molecular complexity index is 990. The van der Waals surface area contributed by atoms with E-state index in [1.54, 1.807) is 18.3 Å². The smallest absolute Gasteiger partial charge is 0.136 e. The summed E-state index contributed by atoms with van der Waals surface area (Å²) in [5, 5.41) is 0. The van der Waals surface area contributed by atoms with E-state index in [0.29, 0.717) is 0 Å². The molecule has 0 radical (unpaired) electrons. The molecule has 0 spiro atoms. The van der Waals surface area contributed by atoms with Crippen LogP contribution in [0, 0.1) is 12.7 Å². The molecule has 5 heteroatoms. The molecule has 0 atom stereocenters. The van der Waals surface area contributed by atoms with E-state index >= 15 is 0 Å². The summed E-state index contributed by atoms with van der Waals surface area (Å²) in [5.74, 6) is -0.261. The third-order valence-corrected chi connectivity index (χ3v) is 3.83. The summed E-state index contributed by atoms with van der Waals surface area (Å²) in [6, 6.07) is 10.3. The van der Waals surface area contributed by atoms with Gasteiger partial charge in [-0.25, -0.2) is 19.3 Å². The number of imidazole rings is 1. The SMILES string of the molecule is CC.Cc1cnc2ccc(-c3ncncc3-c3ccc(F)cc3)cn12. The maximum Gasteiger partial charge on any atom is 0.136 e. The molecule has 3 aromatic heterocycles. The van der Waals surface area contributed by atoms with Crippen molar-refractivity contribution in [2.24, 2.45) is 0 Å². The van der Waals surface area contributed by atoms with Gasteiger partial charge < -0.3 is 4.40 Å². The second-order valence-electron chi connectivity index (χ2n) is 5.34. The molecule has 0 amide bonds. The number of pyridine rings is 1. The first-order chi connectivity index (χ1) is 12.2. The fraction of sp³-hybridized carbons (Fsp3) is 0.150. The molecular formula is C20H19FN4. The predicted octanol–water partition coefficient (Wildman–Crippen LogP) is 4.93. The summed E-state index contributed by atoms with van der Waals surface area (Å²) < 4.78 is 15.2. The largest absolute Gasteiger partial charge is 0.304 e. The molecule has 126 valence electrons. The quantitative estimate of drug-likeness (QED) is 0.522. The third kappa shape index (κ3) is 3.26. The first-order valence-electron chi connectivity index (χ1n) is 8.22. The molecule has 0 unspecified atom stereocenters. The van der Waals surface area contributed by atoms with Crippen molar-refractivity contribution in [2.45, 2.75) is 20.8 Å². The number of aromatic nitrogens is 4. The molecule has 0 saturated heterocycles. The lowest BCUT2D eigenvalue weighted by atomic mass is 10.0. The van der Waals surface area contributed by atoms with Gasteiger partial charge in [0.25, 0.3) is 0 Å². The fourth-order valence-corrected chi connectivity index (χ4v) is 2.64. The number of aryl methyl sites for hydroxylation is 1. The molecule has 3 heterocycles. The van der Waals surface area contributed by atoms with Crippen molar-refractivity contribution in [1.29, 1.82) is 0 Å². The van der Waals surface area contributed by atoms with Gasteiger partial charge in [0.2, 0.25) is 0 Å². The van der Waals surface area contributed by atoms with Crippen molar-refractivity contribution in [3.63, 3.8) is 0 Å². The highest BCUT2D eigenvalue weighted by atomic mass is 19.1. The van der Waals surface area contributed by atoms with Gasteiger partial charge in [0.05, 0.1) is 5.69 Å². The molecular weight excluding hydrogens is 315 g/mol. The van der Waals surface area contributed by atoms with Crippen molar-refractivity contribution in [2.75, 3.05) is 0 Å². The van der Waals surface area contributed by atoms with Gasteiger partial charge in [0.1, 0.15) is 17.8 Å². The van der Waals surface area contributed by atoms with Gasteiger partial charge in [-0.15, -0.1) is 0 Å². The van der Waals surface area contributed by atoms with Crippen LogP contribution in [0.1, 0.15) is 19.5 Å². The van der Waals surface area contributed by atoms with Gasteiger partial charge in [-0.3, -0.25) is 0 Å². The lowest BCUT2D eigenvalue weighted by Gasteiger charge is -2.09. The minimum Gasteiger partial charge on any atom is -0.304 e. The van der Waals surface area contributed by atoms with Crippen LogP contribution < -0.4 is 0 Å². The van der Waals surface area contributed by atoms with Gasteiger partial charge in [0.15, 0.2) is 0 Å². The van der Waals surface area contributed by atoms with E-state index in [9.17, 15) is 4.39 Å². The first-order valence-corrected chi connectivity index (χ1v) is 8.22. The molecule has 0 aliphatic heterocycles. The Labute approximate surface area is 146 Å². The monoisotopic (exact) mass is 334 g/mol. The molecule has 0 aliphatic carbocycles. The Balaban J connectivity index is 0.000000880. The predicted molar refractivity (Wildman–Crippen MR) is 97.7 cm³/mol. The van der Waals surface area contributed by atoms with Crippen LogP contribution in [0.3, 0.4) is 0 Å². The highest BCUT2D eigenvalue weighted by Crippen LogP contribution is 2.29. The van der Waals surface area contributed by atoms with Gasteiger partial charge in [0, 0.05) is 35.4 Å². The van der Waals surface area contributed by atoms with Crippen molar-refractivity contribution >= 4 is 5.65 Å². The van der Waals surface area contributed by atoms with Crippen molar-refractivity contribution in [3.8, 4) is 22.4 Å². The van der Waals surface area contributed by atoms with Crippen molar-refractivity contribution in [3.05, 3.63) is 72.8 Å². The van der Waals surface area contributed by atoms with Crippen LogP contribution in [0.25, 0.3) is 28.0 Å². The summed E-state index contributed by atoms with van der Waals surface area (Å²) in [5.41, 5.74) is 5.46. The summed E-state index contributed by atoms with van der Waals surface area (Å²) >= 11 is 0. The van der Waals surface area contributed by atoms with Crippen LogP contribution in [0.4, 0.5) is 4.39 Å². The first kappa shape index (κ1) is 16.8. The van der Waals surface area contributed by atoms with Crippen molar-refractivity contribution < 1.29 is 4.39 Å². The average molecular weight is 334 g/mol. The van der Waals surface area contributed by atoms with E-state index in [0.717, 1.165) is 33.7 Å². The van der Waals surface area contributed by atoms with Crippen LogP contribution in [-0.4, -0.2) is 19.4 Å². The summed E-state index contributed by atoms with van der Waals surface area (Å²) in [4.78, 5) is 12.9. The van der Waals surface area contributed by atoms with E-state index in [1.807, 2.05) is 49.7 Å². The number of benzene rings is 1. The number of hydrogen-bond acceptors (Lipinski definition) is 3. The number of rotatable bonds is 2.